The van der Waals surface area contributed by atoms with Crippen molar-refractivity contribution in [1.82, 2.24) is 4.90 Å². The molecule has 0 bridgehead atoms. The van der Waals surface area contributed by atoms with Crippen LogP contribution in [-0.2, 0) is 20.8 Å². The maximum absolute atomic E-state index is 11.9. The van der Waals surface area contributed by atoms with Crippen LogP contribution in [0.1, 0.15) is 5.56 Å². The standard InChI is InChI=1S/C16H21NO4/c1-20-14-10-17(8-12-6-4-3-5-7-12)9-13(11-18)15(14)16(19)21-2/h3-7,13,18H,8-11H2,1-2H3. The molecule has 2 rings (SSSR count). The smallest absolute Gasteiger partial charge is 0.337 e. The van der Waals surface area contributed by atoms with Crippen molar-refractivity contribution in [3.8, 4) is 0 Å². The second-order valence-corrected chi connectivity index (χ2v) is 5.07. The molecule has 5 heteroatoms. The number of benzene rings is 1. The molecule has 1 atom stereocenters. The fourth-order valence-corrected chi connectivity index (χ4v) is 2.66. The molecule has 1 aromatic carbocycles. The lowest BCUT2D eigenvalue weighted by atomic mass is 9.93. The summed E-state index contributed by atoms with van der Waals surface area (Å²) in [5.41, 5.74) is 1.64. The summed E-state index contributed by atoms with van der Waals surface area (Å²) >= 11 is 0. The largest absolute Gasteiger partial charge is 0.499 e. The van der Waals surface area contributed by atoms with Crippen molar-refractivity contribution >= 4 is 5.97 Å². The second-order valence-electron chi connectivity index (χ2n) is 5.07. The molecule has 1 unspecified atom stereocenters. The lowest BCUT2D eigenvalue weighted by molar-refractivity contribution is -0.137. The summed E-state index contributed by atoms with van der Waals surface area (Å²) in [5, 5.41) is 9.58. The number of hydrogen-bond donors (Lipinski definition) is 1. The van der Waals surface area contributed by atoms with Gasteiger partial charge in [-0.3, -0.25) is 4.90 Å². The fourth-order valence-electron chi connectivity index (χ4n) is 2.66. The van der Waals surface area contributed by atoms with Gasteiger partial charge in [-0.2, -0.15) is 0 Å². The maximum Gasteiger partial charge on any atom is 0.337 e. The van der Waals surface area contributed by atoms with Crippen molar-refractivity contribution in [2.24, 2.45) is 5.92 Å². The van der Waals surface area contributed by atoms with Gasteiger partial charge in [-0.05, 0) is 5.56 Å². The third kappa shape index (κ3) is 3.62. The Kier molecular flexibility index (Phi) is 5.36. The van der Waals surface area contributed by atoms with Crippen molar-refractivity contribution < 1.29 is 19.4 Å². The van der Waals surface area contributed by atoms with E-state index in [0.29, 0.717) is 24.4 Å². The van der Waals surface area contributed by atoms with E-state index in [4.69, 9.17) is 9.47 Å². The van der Waals surface area contributed by atoms with Gasteiger partial charge in [-0.25, -0.2) is 4.79 Å². The van der Waals surface area contributed by atoms with Gasteiger partial charge in [0, 0.05) is 19.0 Å². The van der Waals surface area contributed by atoms with E-state index in [-0.39, 0.29) is 12.5 Å². The molecule has 1 aliphatic heterocycles. The first-order valence-corrected chi connectivity index (χ1v) is 6.92. The Hall–Kier alpha value is -1.85. The van der Waals surface area contributed by atoms with Crippen molar-refractivity contribution in [2.75, 3.05) is 33.9 Å². The van der Waals surface area contributed by atoms with Gasteiger partial charge in [0.05, 0.1) is 32.9 Å². The quantitative estimate of drug-likeness (QED) is 0.826. The molecule has 0 fully saturated rings. The topological polar surface area (TPSA) is 59.0 Å². The Balaban J connectivity index is 2.19. The van der Waals surface area contributed by atoms with E-state index in [9.17, 15) is 9.90 Å². The highest BCUT2D eigenvalue weighted by Crippen LogP contribution is 2.26. The molecular weight excluding hydrogens is 270 g/mol. The monoisotopic (exact) mass is 291 g/mol. The zero-order valence-electron chi connectivity index (χ0n) is 12.4. The Morgan fingerprint density at radius 2 is 2.05 bits per heavy atom. The van der Waals surface area contributed by atoms with Crippen molar-refractivity contribution in [1.29, 1.82) is 0 Å². The molecule has 0 aromatic heterocycles. The van der Waals surface area contributed by atoms with Gasteiger partial charge in [-0.15, -0.1) is 0 Å². The van der Waals surface area contributed by atoms with E-state index in [1.807, 2.05) is 18.2 Å². The second kappa shape index (κ2) is 7.24. The lowest BCUT2D eigenvalue weighted by Gasteiger charge is -2.33. The third-order valence-electron chi connectivity index (χ3n) is 3.68. The van der Waals surface area contributed by atoms with Gasteiger partial charge in [0.15, 0.2) is 0 Å². The van der Waals surface area contributed by atoms with Gasteiger partial charge in [-0.1, -0.05) is 30.3 Å². The van der Waals surface area contributed by atoms with Gasteiger partial charge in [0.2, 0.25) is 0 Å². The lowest BCUT2D eigenvalue weighted by Crippen LogP contribution is -2.41. The summed E-state index contributed by atoms with van der Waals surface area (Å²) < 4.78 is 10.2. The van der Waals surface area contributed by atoms with Gasteiger partial charge < -0.3 is 14.6 Å². The number of ether oxygens (including phenoxy) is 2. The van der Waals surface area contributed by atoms with Crippen LogP contribution in [0.25, 0.3) is 0 Å². The molecule has 1 heterocycles. The van der Waals surface area contributed by atoms with Crippen LogP contribution < -0.4 is 0 Å². The Bertz CT molecular complexity index is 512. The Morgan fingerprint density at radius 1 is 1.33 bits per heavy atom. The SMILES string of the molecule is COC(=O)C1=C(OC)CN(Cc2ccccc2)CC1CO. The summed E-state index contributed by atoms with van der Waals surface area (Å²) in [6.45, 7) is 1.77. The van der Waals surface area contributed by atoms with Crippen LogP contribution in [0, 0.1) is 5.92 Å². The molecule has 1 aromatic rings. The van der Waals surface area contributed by atoms with Crippen LogP contribution in [-0.4, -0.2) is 49.9 Å². The fraction of sp³-hybridized carbons (Fsp3) is 0.438. The third-order valence-corrected chi connectivity index (χ3v) is 3.68. The van der Waals surface area contributed by atoms with Crippen LogP contribution in [0.15, 0.2) is 41.7 Å². The molecule has 0 saturated carbocycles. The van der Waals surface area contributed by atoms with Crippen molar-refractivity contribution in [3.05, 3.63) is 47.2 Å². The molecule has 5 nitrogen and oxygen atoms in total. The number of carbonyl (C=O) groups is 1. The summed E-state index contributed by atoms with van der Waals surface area (Å²) in [7, 11) is 2.88. The number of methoxy groups -OCH3 is 2. The first kappa shape index (κ1) is 15.5. The molecule has 0 saturated heterocycles. The highest BCUT2D eigenvalue weighted by atomic mass is 16.5. The number of rotatable bonds is 5. The molecule has 21 heavy (non-hydrogen) atoms. The molecule has 0 spiro atoms. The van der Waals surface area contributed by atoms with Crippen LogP contribution in [0.3, 0.4) is 0 Å². The van der Waals surface area contributed by atoms with Crippen LogP contribution in [0.2, 0.25) is 0 Å². The average Bonchev–Trinajstić information content (AvgIpc) is 2.54. The summed E-state index contributed by atoms with van der Waals surface area (Å²) in [6, 6.07) is 10.1. The van der Waals surface area contributed by atoms with E-state index in [2.05, 4.69) is 17.0 Å². The highest BCUT2D eigenvalue weighted by Gasteiger charge is 2.33. The number of nitrogens with zero attached hydrogens (tertiary/aromatic N) is 1. The van der Waals surface area contributed by atoms with Gasteiger partial charge in [0.1, 0.15) is 5.76 Å². The number of hydrogen-bond acceptors (Lipinski definition) is 5. The number of aliphatic hydroxyl groups excluding tert-OH is 1. The number of aliphatic hydroxyl groups is 1. The van der Waals surface area contributed by atoms with Gasteiger partial charge in [0.25, 0.3) is 0 Å². The number of carbonyl (C=O) groups excluding carboxylic acids is 1. The van der Waals surface area contributed by atoms with Crippen molar-refractivity contribution in [3.63, 3.8) is 0 Å². The predicted molar refractivity (Wildman–Crippen MR) is 78.3 cm³/mol. The molecule has 0 radical (unpaired) electrons. The van der Waals surface area contributed by atoms with E-state index in [1.54, 1.807) is 7.11 Å². The molecule has 0 aliphatic carbocycles. The van der Waals surface area contributed by atoms with Crippen LogP contribution >= 0.6 is 0 Å². The maximum atomic E-state index is 11.9. The normalized spacial score (nSPS) is 19.5. The van der Waals surface area contributed by atoms with E-state index in [0.717, 1.165) is 6.54 Å². The molecule has 0 amide bonds. The number of esters is 1. The van der Waals surface area contributed by atoms with Crippen molar-refractivity contribution in [2.45, 2.75) is 6.54 Å². The zero-order chi connectivity index (χ0) is 15.2. The summed E-state index contributed by atoms with van der Waals surface area (Å²) in [5.74, 6) is -0.141. The molecular formula is C16H21NO4. The Morgan fingerprint density at radius 3 is 2.62 bits per heavy atom. The minimum absolute atomic E-state index is 0.109. The molecule has 1 N–H and O–H groups in total. The Labute approximate surface area is 124 Å². The summed E-state index contributed by atoms with van der Waals surface area (Å²) in [6.07, 6.45) is 0. The first-order valence-electron chi connectivity index (χ1n) is 6.92. The molecule has 1 aliphatic rings. The minimum Gasteiger partial charge on any atom is -0.499 e. The van der Waals surface area contributed by atoms with Crippen LogP contribution in [0.5, 0.6) is 0 Å². The predicted octanol–water partition coefficient (Wildman–Crippen LogP) is 1.18. The minimum atomic E-state index is -0.426. The summed E-state index contributed by atoms with van der Waals surface area (Å²) in [4.78, 5) is 14.0. The van der Waals surface area contributed by atoms with E-state index >= 15 is 0 Å². The van der Waals surface area contributed by atoms with E-state index in [1.165, 1.54) is 12.7 Å². The first-order chi connectivity index (χ1) is 10.2. The highest BCUT2D eigenvalue weighted by molar-refractivity contribution is 5.89. The zero-order valence-corrected chi connectivity index (χ0v) is 12.4. The van der Waals surface area contributed by atoms with Gasteiger partial charge >= 0.3 is 5.97 Å². The molecule has 114 valence electrons. The van der Waals surface area contributed by atoms with E-state index < -0.39 is 5.97 Å². The van der Waals surface area contributed by atoms with Crippen LogP contribution in [0.4, 0.5) is 0 Å². The average molecular weight is 291 g/mol.